The lowest BCUT2D eigenvalue weighted by Crippen LogP contribution is -2.16. The number of methoxy groups -OCH3 is 1. The molecule has 2 aromatic rings. The van der Waals surface area contributed by atoms with Crippen molar-refractivity contribution in [2.45, 2.75) is 26.2 Å². The summed E-state index contributed by atoms with van der Waals surface area (Å²) in [6, 6.07) is 14.8. The van der Waals surface area contributed by atoms with Gasteiger partial charge in [0.25, 0.3) is 0 Å². The number of hydrogen-bond donors (Lipinski definition) is 1. The second kappa shape index (κ2) is 6.58. The molecule has 0 aliphatic carbocycles. The number of hydrogen-bond acceptors (Lipinski definition) is 2. The van der Waals surface area contributed by atoms with Gasteiger partial charge in [-0.15, -0.1) is 0 Å². The van der Waals surface area contributed by atoms with Crippen molar-refractivity contribution in [3.05, 3.63) is 64.7 Å². The molecule has 0 amide bonds. The second-order valence-corrected chi connectivity index (χ2v) is 5.35. The molecule has 1 atom stereocenters. The maximum atomic E-state index is 6.00. The first-order valence-corrected chi connectivity index (χ1v) is 7.04. The highest BCUT2D eigenvalue weighted by Crippen LogP contribution is 2.25. The van der Waals surface area contributed by atoms with Crippen LogP contribution in [0.1, 0.15) is 28.2 Å². The van der Waals surface area contributed by atoms with Crippen molar-refractivity contribution in [3.8, 4) is 5.75 Å². The summed E-state index contributed by atoms with van der Waals surface area (Å²) in [6.07, 6.45) is 0.942. The Morgan fingerprint density at radius 1 is 1.10 bits per heavy atom. The summed E-state index contributed by atoms with van der Waals surface area (Å²) in [5.41, 5.74) is 11.2. The predicted molar refractivity (Wildman–Crippen MR) is 84.4 cm³/mol. The lowest BCUT2D eigenvalue weighted by molar-refractivity contribution is 0.414. The maximum Gasteiger partial charge on any atom is 0.119 e. The highest BCUT2D eigenvalue weighted by Gasteiger charge is 2.13. The Morgan fingerprint density at radius 2 is 1.90 bits per heavy atom. The second-order valence-electron chi connectivity index (χ2n) is 5.35. The molecule has 20 heavy (non-hydrogen) atoms. The van der Waals surface area contributed by atoms with E-state index in [1.807, 2.05) is 12.1 Å². The molecule has 0 saturated heterocycles. The first-order chi connectivity index (χ1) is 9.63. The number of aryl methyl sites for hydroxylation is 2. The summed E-state index contributed by atoms with van der Waals surface area (Å²) < 4.78 is 5.28. The van der Waals surface area contributed by atoms with Gasteiger partial charge in [-0.05, 0) is 55.6 Å². The van der Waals surface area contributed by atoms with Crippen LogP contribution in [0.2, 0.25) is 0 Å². The van der Waals surface area contributed by atoms with E-state index >= 15 is 0 Å². The average Bonchev–Trinajstić information content (AvgIpc) is 2.45. The number of rotatable bonds is 5. The van der Waals surface area contributed by atoms with Crippen LogP contribution in [-0.2, 0) is 6.42 Å². The molecular formula is C18H23NO. The van der Waals surface area contributed by atoms with Crippen molar-refractivity contribution in [2.24, 2.45) is 5.73 Å². The first kappa shape index (κ1) is 14.6. The minimum absolute atomic E-state index is 0.350. The molecule has 2 N–H and O–H groups in total. The molecule has 2 heteroatoms. The molecule has 0 radical (unpaired) electrons. The van der Waals surface area contributed by atoms with Gasteiger partial charge < -0.3 is 10.5 Å². The molecule has 2 rings (SSSR count). The zero-order valence-electron chi connectivity index (χ0n) is 12.5. The van der Waals surface area contributed by atoms with Crippen LogP contribution in [0.5, 0.6) is 5.75 Å². The monoisotopic (exact) mass is 269 g/mol. The lowest BCUT2D eigenvalue weighted by Gasteiger charge is -2.18. The summed E-state index contributed by atoms with van der Waals surface area (Å²) in [5, 5.41) is 0. The largest absolute Gasteiger partial charge is 0.497 e. The van der Waals surface area contributed by atoms with Crippen LogP contribution in [0.3, 0.4) is 0 Å². The normalized spacial score (nSPS) is 12.2. The van der Waals surface area contributed by atoms with Crippen molar-refractivity contribution in [2.75, 3.05) is 13.7 Å². The third-order valence-corrected chi connectivity index (χ3v) is 3.77. The molecular weight excluding hydrogens is 246 g/mol. The van der Waals surface area contributed by atoms with E-state index in [1.54, 1.807) is 7.11 Å². The predicted octanol–water partition coefficient (Wildman–Crippen LogP) is 3.60. The van der Waals surface area contributed by atoms with Crippen molar-refractivity contribution in [1.29, 1.82) is 0 Å². The van der Waals surface area contributed by atoms with E-state index in [-0.39, 0.29) is 0 Å². The zero-order valence-corrected chi connectivity index (χ0v) is 12.5. The molecule has 0 fully saturated rings. The van der Waals surface area contributed by atoms with Crippen molar-refractivity contribution in [3.63, 3.8) is 0 Å². The summed E-state index contributed by atoms with van der Waals surface area (Å²) in [5.74, 6) is 1.25. The Hall–Kier alpha value is -1.80. The molecule has 0 aliphatic heterocycles. The molecule has 0 heterocycles. The minimum atomic E-state index is 0.350. The lowest BCUT2D eigenvalue weighted by atomic mass is 9.88. The third-order valence-electron chi connectivity index (χ3n) is 3.77. The Morgan fingerprint density at radius 3 is 2.55 bits per heavy atom. The van der Waals surface area contributed by atoms with Gasteiger partial charge in [0.05, 0.1) is 7.11 Å². The summed E-state index contributed by atoms with van der Waals surface area (Å²) >= 11 is 0. The van der Waals surface area contributed by atoms with Crippen molar-refractivity contribution in [1.82, 2.24) is 0 Å². The van der Waals surface area contributed by atoms with E-state index in [2.05, 4.69) is 44.2 Å². The number of ether oxygens (including phenoxy) is 1. The molecule has 0 saturated carbocycles. The van der Waals surface area contributed by atoms with Crippen LogP contribution in [0.4, 0.5) is 0 Å². The topological polar surface area (TPSA) is 35.2 Å². The fourth-order valence-corrected chi connectivity index (χ4v) is 2.69. The van der Waals surface area contributed by atoms with Crippen LogP contribution in [-0.4, -0.2) is 13.7 Å². The van der Waals surface area contributed by atoms with Crippen LogP contribution in [0, 0.1) is 13.8 Å². The van der Waals surface area contributed by atoms with E-state index in [4.69, 9.17) is 10.5 Å². The summed E-state index contributed by atoms with van der Waals surface area (Å²) in [6.45, 7) is 4.94. The van der Waals surface area contributed by atoms with Crippen LogP contribution in [0.15, 0.2) is 42.5 Å². The van der Waals surface area contributed by atoms with Crippen LogP contribution in [0.25, 0.3) is 0 Å². The summed E-state index contributed by atoms with van der Waals surface area (Å²) in [4.78, 5) is 0. The quantitative estimate of drug-likeness (QED) is 0.900. The zero-order chi connectivity index (χ0) is 14.5. The van der Waals surface area contributed by atoms with Gasteiger partial charge >= 0.3 is 0 Å². The van der Waals surface area contributed by atoms with E-state index in [9.17, 15) is 0 Å². The van der Waals surface area contributed by atoms with E-state index < -0.39 is 0 Å². The highest BCUT2D eigenvalue weighted by atomic mass is 16.5. The minimum Gasteiger partial charge on any atom is -0.497 e. The highest BCUT2D eigenvalue weighted by molar-refractivity contribution is 5.36. The van der Waals surface area contributed by atoms with Crippen molar-refractivity contribution >= 4 is 0 Å². The van der Waals surface area contributed by atoms with Gasteiger partial charge in [0.2, 0.25) is 0 Å². The third kappa shape index (κ3) is 3.40. The average molecular weight is 269 g/mol. The SMILES string of the molecule is COc1cccc(CC(CN)c2ccc(C)cc2C)c1. The Bertz CT molecular complexity index is 577. The maximum absolute atomic E-state index is 6.00. The van der Waals surface area contributed by atoms with E-state index in [0.717, 1.165) is 12.2 Å². The molecule has 0 aliphatic rings. The van der Waals surface area contributed by atoms with E-state index in [0.29, 0.717) is 12.5 Å². The number of benzene rings is 2. The Kier molecular flexibility index (Phi) is 4.80. The van der Waals surface area contributed by atoms with Gasteiger partial charge in [0.15, 0.2) is 0 Å². The molecule has 2 nitrogen and oxygen atoms in total. The van der Waals surface area contributed by atoms with Crippen molar-refractivity contribution < 1.29 is 4.74 Å². The van der Waals surface area contributed by atoms with Gasteiger partial charge in [-0.1, -0.05) is 35.9 Å². The molecule has 0 bridgehead atoms. The Balaban J connectivity index is 2.23. The van der Waals surface area contributed by atoms with Gasteiger partial charge in [-0.3, -0.25) is 0 Å². The smallest absolute Gasteiger partial charge is 0.119 e. The Labute approximate surface area is 121 Å². The van der Waals surface area contributed by atoms with Crippen LogP contribution < -0.4 is 10.5 Å². The van der Waals surface area contributed by atoms with Crippen LogP contribution >= 0.6 is 0 Å². The molecule has 0 spiro atoms. The molecule has 106 valence electrons. The summed E-state index contributed by atoms with van der Waals surface area (Å²) in [7, 11) is 1.70. The fraction of sp³-hybridized carbons (Fsp3) is 0.333. The van der Waals surface area contributed by atoms with Gasteiger partial charge in [0.1, 0.15) is 5.75 Å². The van der Waals surface area contributed by atoms with Gasteiger partial charge in [-0.2, -0.15) is 0 Å². The molecule has 2 aromatic carbocycles. The standard InChI is InChI=1S/C18H23NO/c1-13-7-8-18(14(2)9-13)16(12-19)10-15-5-4-6-17(11-15)20-3/h4-9,11,16H,10,12,19H2,1-3H3. The van der Waals surface area contributed by atoms with Gasteiger partial charge in [-0.25, -0.2) is 0 Å². The first-order valence-electron chi connectivity index (χ1n) is 7.04. The molecule has 0 aromatic heterocycles. The van der Waals surface area contributed by atoms with E-state index in [1.165, 1.54) is 22.3 Å². The number of nitrogens with two attached hydrogens (primary N) is 1. The fourth-order valence-electron chi connectivity index (χ4n) is 2.69. The van der Waals surface area contributed by atoms with Gasteiger partial charge in [0, 0.05) is 5.92 Å². The molecule has 1 unspecified atom stereocenters.